The van der Waals surface area contributed by atoms with Crippen molar-refractivity contribution in [2.24, 2.45) is 0 Å². The largest absolute Gasteiger partial charge is 0.481 e. The fourth-order valence-electron chi connectivity index (χ4n) is 0.801. The van der Waals surface area contributed by atoms with Gasteiger partial charge >= 0.3 is 5.97 Å². The molecule has 2 nitrogen and oxygen atoms in total. The number of carboxylic acid groups (broad SMARTS) is 1. The Morgan fingerprint density at radius 2 is 1.92 bits per heavy atom. The normalized spacial score (nSPS) is 9.92. The summed E-state index contributed by atoms with van der Waals surface area (Å²) < 4.78 is 0. The number of rotatable bonds is 5. The lowest BCUT2D eigenvalue weighted by Crippen LogP contribution is -1.94. The van der Waals surface area contributed by atoms with Crippen LogP contribution in [0, 0.1) is 0 Å². The van der Waals surface area contributed by atoms with Crippen LogP contribution in [-0.4, -0.2) is 11.1 Å². The smallest absolute Gasteiger partial charge is 0.303 e. The molecule has 0 aliphatic carbocycles. The predicted molar refractivity (Wildman–Crippen MR) is 56.8 cm³/mol. The van der Waals surface area contributed by atoms with Crippen LogP contribution in [-0.2, 0) is 4.79 Å². The van der Waals surface area contributed by atoms with E-state index < -0.39 is 5.97 Å². The second kappa shape index (κ2) is 11.0. The maximum atomic E-state index is 10.2. The van der Waals surface area contributed by atoms with Gasteiger partial charge in [-0.2, -0.15) is 0 Å². The minimum atomic E-state index is -0.756. The molecule has 0 aromatic heterocycles. The van der Waals surface area contributed by atoms with Crippen molar-refractivity contribution in [1.82, 2.24) is 0 Å². The summed E-state index contributed by atoms with van der Waals surface area (Å²) >= 11 is 0. The van der Waals surface area contributed by atoms with E-state index >= 15 is 0 Å². The van der Waals surface area contributed by atoms with Crippen molar-refractivity contribution in [1.29, 1.82) is 0 Å². The van der Waals surface area contributed by atoms with E-state index in [0.717, 1.165) is 12.0 Å². The van der Waals surface area contributed by atoms with Crippen LogP contribution in [0.5, 0.6) is 0 Å². The molecule has 0 aromatic rings. The molecule has 0 radical (unpaired) electrons. The highest BCUT2D eigenvalue weighted by atomic mass is 16.4. The molecular formula is C11H20O2. The van der Waals surface area contributed by atoms with E-state index in [1.165, 1.54) is 0 Å². The van der Waals surface area contributed by atoms with Gasteiger partial charge in [0.05, 0.1) is 0 Å². The van der Waals surface area contributed by atoms with Gasteiger partial charge in [-0.05, 0) is 12.8 Å². The topological polar surface area (TPSA) is 37.3 Å². The molecule has 0 bridgehead atoms. The van der Waals surface area contributed by atoms with Gasteiger partial charge < -0.3 is 5.11 Å². The molecule has 0 rings (SSSR count). The Kier molecular flexibility index (Phi) is 12.2. The Bertz CT molecular complexity index is 169. The summed E-state index contributed by atoms with van der Waals surface area (Å²) in [6.45, 7) is 9.61. The third-order valence-electron chi connectivity index (χ3n) is 1.36. The fourth-order valence-corrected chi connectivity index (χ4v) is 0.801. The van der Waals surface area contributed by atoms with Crippen LogP contribution in [0.25, 0.3) is 0 Å². The zero-order valence-electron chi connectivity index (χ0n) is 8.84. The van der Waals surface area contributed by atoms with Gasteiger partial charge in [-0.1, -0.05) is 45.1 Å². The van der Waals surface area contributed by atoms with Crippen LogP contribution >= 0.6 is 0 Å². The SMILES string of the molecule is C=C/C(=C\CC)CCC(=O)O.CC. The Balaban J connectivity index is 0. The molecule has 0 saturated carbocycles. The lowest BCUT2D eigenvalue weighted by atomic mass is 10.1. The molecule has 1 N–H and O–H groups in total. The Morgan fingerprint density at radius 1 is 1.38 bits per heavy atom. The summed E-state index contributed by atoms with van der Waals surface area (Å²) in [5.41, 5.74) is 1.02. The van der Waals surface area contributed by atoms with Crippen molar-refractivity contribution < 1.29 is 9.90 Å². The zero-order chi connectivity index (χ0) is 10.7. The minimum Gasteiger partial charge on any atom is -0.481 e. The third-order valence-corrected chi connectivity index (χ3v) is 1.36. The lowest BCUT2D eigenvalue weighted by Gasteiger charge is -1.96. The number of allylic oxidation sites excluding steroid dienone is 3. The Morgan fingerprint density at radius 3 is 2.23 bits per heavy atom. The van der Waals surface area contributed by atoms with Gasteiger partial charge in [-0.15, -0.1) is 0 Å². The van der Waals surface area contributed by atoms with Crippen molar-refractivity contribution >= 4 is 5.97 Å². The van der Waals surface area contributed by atoms with Crippen molar-refractivity contribution in [3.05, 3.63) is 24.3 Å². The van der Waals surface area contributed by atoms with Gasteiger partial charge in [0.15, 0.2) is 0 Å². The van der Waals surface area contributed by atoms with Crippen LogP contribution in [0.15, 0.2) is 24.3 Å². The number of carbonyl (C=O) groups is 1. The van der Waals surface area contributed by atoms with E-state index in [0.29, 0.717) is 6.42 Å². The number of hydrogen-bond acceptors (Lipinski definition) is 1. The molecule has 0 atom stereocenters. The summed E-state index contributed by atoms with van der Waals surface area (Å²) in [5, 5.41) is 8.36. The maximum Gasteiger partial charge on any atom is 0.303 e. The molecule has 0 spiro atoms. The van der Waals surface area contributed by atoms with E-state index in [2.05, 4.69) is 6.58 Å². The highest BCUT2D eigenvalue weighted by Gasteiger charge is 1.97. The monoisotopic (exact) mass is 184 g/mol. The average molecular weight is 184 g/mol. The third kappa shape index (κ3) is 10.9. The highest BCUT2D eigenvalue weighted by Crippen LogP contribution is 2.06. The first kappa shape index (κ1) is 14.5. The first-order chi connectivity index (χ1) is 6.20. The van der Waals surface area contributed by atoms with Crippen LogP contribution in [0.4, 0.5) is 0 Å². The van der Waals surface area contributed by atoms with E-state index in [9.17, 15) is 4.79 Å². The quantitative estimate of drug-likeness (QED) is 0.665. The second-order valence-electron chi connectivity index (χ2n) is 2.29. The van der Waals surface area contributed by atoms with Crippen molar-refractivity contribution in [2.75, 3.05) is 0 Å². The second-order valence-corrected chi connectivity index (χ2v) is 2.29. The van der Waals surface area contributed by atoms with E-state index in [-0.39, 0.29) is 6.42 Å². The number of hydrogen-bond donors (Lipinski definition) is 1. The predicted octanol–water partition coefficient (Wildman–Crippen LogP) is 3.40. The molecule has 0 aliphatic rings. The van der Waals surface area contributed by atoms with Gasteiger partial charge in [0, 0.05) is 6.42 Å². The summed E-state index contributed by atoms with van der Waals surface area (Å²) in [6.07, 6.45) is 5.42. The molecule has 13 heavy (non-hydrogen) atoms. The standard InChI is InChI=1S/C9H14O2.C2H6/c1-3-5-8(4-2)6-7-9(10)11;1-2/h4-5H,2-3,6-7H2,1H3,(H,10,11);1-2H3/b8-5+;. The molecule has 0 aromatic carbocycles. The first-order valence-electron chi connectivity index (χ1n) is 4.74. The van der Waals surface area contributed by atoms with Crippen LogP contribution < -0.4 is 0 Å². The maximum absolute atomic E-state index is 10.2. The minimum absolute atomic E-state index is 0.192. The highest BCUT2D eigenvalue weighted by molar-refractivity contribution is 5.67. The Hall–Kier alpha value is -1.05. The Labute approximate surface area is 81.0 Å². The van der Waals surface area contributed by atoms with Crippen LogP contribution in [0.2, 0.25) is 0 Å². The van der Waals surface area contributed by atoms with Crippen LogP contribution in [0.1, 0.15) is 40.0 Å². The van der Waals surface area contributed by atoms with Crippen LogP contribution in [0.3, 0.4) is 0 Å². The van der Waals surface area contributed by atoms with E-state index in [1.54, 1.807) is 6.08 Å². The molecule has 0 saturated heterocycles. The van der Waals surface area contributed by atoms with Gasteiger partial charge in [0.2, 0.25) is 0 Å². The summed E-state index contributed by atoms with van der Waals surface area (Å²) in [4.78, 5) is 10.2. The molecule has 0 heterocycles. The van der Waals surface area contributed by atoms with Crippen molar-refractivity contribution in [3.63, 3.8) is 0 Å². The summed E-state index contributed by atoms with van der Waals surface area (Å²) in [6, 6.07) is 0. The molecular weight excluding hydrogens is 164 g/mol. The summed E-state index contributed by atoms with van der Waals surface area (Å²) in [5.74, 6) is -0.756. The zero-order valence-corrected chi connectivity index (χ0v) is 8.84. The van der Waals surface area contributed by atoms with E-state index in [1.807, 2.05) is 26.8 Å². The molecule has 2 heteroatoms. The molecule has 0 unspecified atom stereocenters. The fraction of sp³-hybridized carbons (Fsp3) is 0.545. The first-order valence-corrected chi connectivity index (χ1v) is 4.74. The van der Waals surface area contributed by atoms with Gasteiger partial charge in [0.25, 0.3) is 0 Å². The summed E-state index contributed by atoms with van der Waals surface area (Å²) in [7, 11) is 0. The number of aliphatic carboxylic acids is 1. The molecule has 76 valence electrons. The van der Waals surface area contributed by atoms with Crippen molar-refractivity contribution in [2.45, 2.75) is 40.0 Å². The van der Waals surface area contributed by atoms with Gasteiger partial charge in [-0.3, -0.25) is 4.79 Å². The van der Waals surface area contributed by atoms with Gasteiger partial charge in [0.1, 0.15) is 0 Å². The van der Waals surface area contributed by atoms with E-state index in [4.69, 9.17) is 5.11 Å². The molecule has 0 fully saturated rings. The number of carboxylic acids is 1. The average Bonchev–Trinajstić information content (AvgIpc) is 2.15. The molecule has 0 amide bonds. The van der Waals surface area contributed by atoms with Gasteiger partial charge in [-0.25, -0.2) is 0 Å². The van der Waals surface area contributed by atoms with Crippen molar-refractivity contribution in [3.8, 4) is 0 Å². The molecule has 0 aliphatic heterocycles. The lowest BCUT2D eigenvalue weighted by molar-refractivity contribution is -0.136.